The summed E-state index contributed by atoms with van der Waals surface area (Å²) >= 11 is 0. The van der Waals surface area contributed by atoms with Crippen molar-refractivity contribution in [1.29, 1.82) is 0 Å². The molecule has 2 aromatic carbocycles. The van der Waals surface area contributed by atoms with Gasteiger partial charge in [0.2, 0.25) is 10.0 Å². The number of carbonyl (C=O) groups is 1. The molecular formula is C22H26N4O4S. The van der Waals surface area contributed by atoms with Crippen molar-refractivity contribution in [2.24, 2.45) is 5.16 Å². The third-order valence-electron chi connectivity index (χ3n) is 5.63. The zero-order valence-electron chi connectivity index (χ0n) is 17.4. The van der Waals surface area contributed by atoms with E-state index in [-0.39, 0.29) is 16.9 Å². The van der Waals surface area contributed by atoms with Gasteiger partial charge in [0.1, 0.15) is 5.71 Å². The summed E-state index contributed by atoms with van der Waals surface area (Å²) in [6.07, 6.45) is 0.106. The van der Waals surface area contributed by atoms with E-state index < -0.39 is 10.0 Å². The van der Waals surface area contributed by atoms with Crippen molar-refractivity contribution in [3.05, 3.63) is 60.2 Å². The van der Waals surface area contributed by atoms with Gasteiger partial charge in [0, 0.05) is 38.3 Å². The molecule has 0 spiro atoms. The Hall–Kier alpha value is -2.75. The summed E-state index contributed by atoms with van der Waals surface area (Å²) < 4.78 is 27.3. The highest BCUT2D eigenvalue weighted by atomic mass is 32.2. The summed E-state index contributed by atoms with van der Waals surface area (Å²) in [5.74, 6) is -0.357. The van der Waals surface area contributed by atoms with Gasteiger partial charge in [0.25, 0.3) is 5.91 Å². The van der Waals surface area contributed by atoms with E-state index in [4.69, 9.17) is 4.84 Å². The predicted molar refractivity (Wildman–Crippen MR) is 118 cm³/mol. The van der Waals surface area contributed by atoms with Crippen LogP contribution in [-0.2, 0) is 19.7 Å². The van der Waals surface area contributed by atoms with Crippen LogP contribution in [0.4, 0.5) is 5.69 Å². The molecule has 8 nitrogen and oxygen atoms in total. The van der Waals surface area contributed by atoms with E-state index in [9.17, 15) is 13.2 Å². The molecule has 164 valence electrons. The molecule has 1 saturated heterocycles. The molecule has 2 aliphatic heterocycles. The lowest BCUT2D eigenvalue weighted by molar-refractivity contribution is -0.110. The fourth-order valence-electron chi connectivity index (χ4n) is 3.71. The fourth-order valence-corrected chi connectivity index (χ4v) is 5.13. The number of rotatable bonds is 6. The lowest BCUT2D eigenvalue weighted by Crippen LogP contribution is -2.48. The minimum Gasteiger partial charge on any atom is -0.387 e. The van der Waals surface area contributed by atoms with Crippen LogP contribution in [-0.4, -0.2) is 62.0 Å². The Morgan fingerprint density at radius 2 is 1.74 bits per heavy atom. The largest absolute Gasteiger partial charge is 0.387 e. The number of sulfonamides is 1. The van der Waals surface area contributed by atoms with Gasteiger partial charge in [-0.3, -0.25) is 4.79 Å². The summed E-state index contributed by atoms with van der Waals surface area (Å²) in [6, 6.07) is 15.8. The quantitative estimate of drug-likeness (QED) is 0.742. The number of piperazine rings is 1. The molecular weight excluding hydrogens is 416 g/mol. The monoisotopic (exact) mass is 442 g/mol. The summed E-state index contributed by atoms with van der Waals surface area (Å²) in [5, 5.41) is 6.68. The van der Waals surface area contributed by atoms with Gasteiger partial charge in [-0.25, -0.2) is 8.42 Å². The average Bonchev–Trinajstić information content (AvgIpc) is 3.31. The van der Waals surface area contributed by atoms with Gasteiger partial charge in [-0.15, -0.1) is 0 Å². The van der Waals surface area contributed by atoms with Gasteiger partial charge < -0.3 is 15.1 Å². The van der Waals surface area contributed by atoms with Crippen molar-refractivity contribution in [3.8, 4) is 0 Å². The van der Waals surface area contributed by atoms with Crippen LogP contribution in [0.1, 0.15) is 25.0 Å². The molecule has 31 heavy (non-hydrogen) atoms. The van der Waals surface area contributed by atoms with E-state index in [1.807, 2.05) is 30.3 Å². The lowest BCUT2D eigenvalue weighted by Gasteiger charge is -2.33. The van der Waals surface area contributed by atoms with Crippen molar-refractivity contribution in [2.45, 2.75) is 24.3 Å². The number of nitrogens with zero attached hydrogens (tertiary/aromatic N) is 3. The summed E-state index contributed by atoms with van der Waals surface area (Å²) in [7, 11) is -3.54. The minimum atomic E-state index is -3.54. The fraction of sp³-hybridized carbons (Fsp3) is 0.364. The molecule has 2 aromatic rings. The van der Waals surface area contributed by atoms with Gasteiger partial charge in [-0.05, 0) is 36.4 Å². The maximum Gasteiger partial charge on any atom is 0.273 e. The van der Waals surface area contributed by atoms with Crippen LogP contribution in [0.15, 0.2) is 64.6 Å². The Morgan fingerprint density at radius 3 is 2.39 bits per heavy atom. The van der Waals surface area contributed by atoms with Crippen molar-refractivity contribution in [3.63, 3.8) is 0 Å². The molecule has 1 unspecified atom stereocenters. The molecule has 0 bridgehead atoms. The second-order valence-electron chi connectivity index (χ2n) is 7.56. The Bertz CT molecular complexity index is 1050. The standard InChI is InChI=1S/C22H26N4O4S/c1-2-25-12-14-26(15-13-25)31(28,29)19-10-8-18(9-11-19)23-22(27)20-16-21(30-24-20)17-6-4-3-5-7-17/h3-11,21H,2,12-16H2,1H3,(H,23,27). The molecule has 2 heterocycles. The van der Waals surface area contributed by atoms with E-state index >= 15 is 0 Å². The second kappa shape index (κ2) is 9.17. The number of anilines is 1. The van der Waals surface area contributed by atoms with E-state index in [2.05, 4.69) is 22.3 Å². The highest BCUT2D eigenvalue weighted by molar-refractivity contribution is 7.89. The van der Waals surface area contributed by atoms with Crippen molar-refractivity contribution in [2.75, 3.05) is 38.0 Å². The van der Waals surface area contributed by atoms with Gasteiger partial charge in [-0.1, -0.05) is 42.4 Å². The topological polar surface area (TPSA) is 91.3 Å². The number of hydrogen-bond acceptors (Lipinski definition) is 6. The number of nitrogens with one attached hydrogen (secondary N) is 1. The number of oxime groups is 1. The van der Waals surface area contributed by atoms with E-state index in [0.717, 1.165) is 25.2 Å². The molecule has 0 radical (unpaired) electrons. The molecule has 1 atom stereocenters. The average molecular weight is 443 g/mol. The number of carbonyl (C=O) groups excluding carboxylic acids is 1. The normalized spacial score (nSPS) is 20.2. The molecule has 2 aliphatic rings. The molecule has 4 rings (SSSR count). The lowest BCUT2D eigenvalue weighted by atomic mass is 10.0. The first-order valence-corrected chi connectivity index (χ1v) is 11.8. The van der Waals surface area contributed by atoms with Gasteiger partial charge in [-0.2, -0.15) is 4.31 Å². The van der Waals surface area contributed by atoms with Crippen LogP contribution in [0.25, 0.3) is 0 Å². The third-order valence-corrected chi connectivity index (χ3v) is 7.54. The van der Waals surface area contributed by atoms with Crippen LogP contribution >= 0.6 is 0 Å². The Labute approximate surface area is 182 Å². The summed E-state index contributed by atoms with van der Waals surface area (Å²) in [5.41, 5.74) is 1.77. The van der Waals surface area contributed by atoms with Crippen LogP contribution in [0.3, 0.4) is 0 Å². The zero-order valence-corrected chi connectivity index (χ0v) is 18.2. The van der Waals surface area contributed by atoms with E-state index in [0.29, 0.717) is 30.9 Å². The summed E-state index contributed by atoms with van der Waals surface area (Å²) in [4.78, 5) is 20.4. The SMILES string of the molecule is CCN1CCN(S(=O)(=O)c2ccc(NC(=O)C3=NOC(c4ccccc4)C3)cc2)CC1. The highest BCUT2D eigenvalue weighted by Crippen LogP contribution is 2.27. The number of likely N-dealkylation sites (N-methyl/N-ethyl adjacent to an activating group) is 1. The maximum atomic E-state index is 12.9. The zero-order chi connectivity index (χ0) is 21.8. The predicted octanol–water partition coefficient (Wildman–Crippen LogP) is 2.47. The Balaban J connectivity index is 1.36. The van der Waals surface area contributed by atoms with E-state index in [1.54, 1.807) is 12.1 Å². The van der Waals surface area contributed by atoms with Gasteiger partial charge in [0.15, 0.2) is 6.10 Å². The summed E-state index contributed by atoms with van der Waals surface area (Å²) in [6.45, 7) is 5.43. The Morgan fingerprint density at radius 1 is 1.06 bits per heavy atom. The van der Waals surface area contributed by atoms with Crippen LogP contribution in [0.2, 0.25) is 0 Å². The van der Waals surface area contributed by atoms with Crippen LogP contribution in [0.5, 0.6) is 0 Å². The van der Waals surface area contributed by atoms with Crippen LogP contribution < -0.4 is 5.32 Å². The first-order valence-electron chi connectivity index (χ1n) is 10.4. The number of benzene rings is 2. The van der Waals surface area contributed by atoms with Gasteiger partial charge >= 0.3 is 0 Å². The molecule has 1 amide bonds. The van der Waals surface area contributed by atoms with Crippen molar-refractivity contribution < 1.29 is 18.0 Å². The minimum absolute atomic E-state index is 0.223. The number of hydrogen-bond donors (Lipinski definition) is 1. The maximum absolute atomic E-state index is 12.9. The molecule has 1 N–H and O–H groups in total. The van der Waals surface area contributed by atoms with Crippen molar-refractivity contribution >= 4 is 27.3 Å². The van der Waals surface area contributed by atoms with Crippen molar-refractivity contribution in [1.82, 2.24) is 9.21 Å². The Kier molecular flexibility index (Phi) is 6.35. The first kappa shape index (κ1) is 21.5. The van der Waals surface area contributed by atoms with E-state index in [1.165, 1.54) is 16.4 Å². The molecule has 0 aliphatic carbocycles. The van der Waals surface area contributed by atoms with Crippen LogP contribution in [0, 0.1) is 0 Å². The third kappa shape index (κ3) is 4.79. The first-order chi connectivity index (χ1) is 15.0. The number of amides is 1. The molecule has 0 saturated carbocycles. The molecule has 0 aromatic heterocycles. The second-order valence-corrected chi connectivity index (χ2v) is 9.50. The highest BCUT2D eigenvalue weighted by Gasteiger charge is 2.29. The molecule has 9 heteroatoms. The molecule has 1 fully saturated rings. The van der Waals surface area contributed by atoms with Gasteiger partial charge in [0.05, 0.1) is 4.90 Å². The smallest absolute Gasteiger partial charge is 0.273 e.